The second-order valence-corrected chi connectivity index (χ2v) is 3.61. The smallest absolute Gasteiger partial charge is 0.324 e. The third-order valence-corrected chi connectivity index (χ3v) is 2.16. The van der Waals surface area contributed by atoms with E-state index in [9.17, 15) is 4.79 Å². The summed E-state index contributed by atoms with van der Waals surface area (Å²) in [6, 6.07) is 6.89. The molecule has 2 amide bonds. The normalized spacial score (nSPS) is 9.94. The molecule has 0 atom stereocenters. The molecule has 0 radical (unpaired) electrons. The SMILES string of the molecule is CN(C)C(=O)N(CCO)c1ccccc1N. The molecular weight excluding hydrogens is 206 g/mol. The molecule has 0 fully saturated rings. The fraction of sp³-hybridized carbons (Fsp3) is 0.364. The fourth-order valence-electron chi connectivity index (χ4n) is 1.39. The van der Waals surface area contributed by atoms with E-state index in [-0.39, 0.29) is 19.2 Å². The first-order valence-electron chi connectivity index (χ1n) is 5.02. The molecule has 0 saturated heterocycles. The minimum Gasteiger partial charge on any atom is -0.397 e. The van der Waals surface area contributed by atoms with Crippen molar-refractivity contribution in [3.05, 3.63) is 24.3 Å². The summed E-state index contributed by atoms with van der Waals surface area (Å²) in [5.41, 5.74) is 6.94. The predicted octanol–water partition coefficient (Wildman–Crippen LogP) is 0.749. The Labute approximate surface area is 95.1 Å². The molecule has 1 aromatic carbocycles. The highest BCUT2D eigenvalue weighted by Gasteiger charge is 2.18. The van der Waals surface area contributed by atoms with Gasteiger partial charge in [-0.05, 0) is 12.1 Å². The van der Waals surface area contributed by atoms with Crippen LogP contribution in [0.5, 0.6) is 0 Å². The summed E-state index contributed by atoms with van der Waals surface area (Å²) in [6.45, 7) is 0.124. The minimum absolute atomic E-state index is 0.103. The van der Waals surface area contributed by atoms with Gasteiger partial charge in [-0.2, -0.15) is 0 Å². The zero-order valence-corrected chi connectivity index (χ0v) is 9.55. The van der Waals surface area contributed by atoms with Gasteiger partial charge in [-0.3, -0.25) is 4.90 Å². The maximum absolute atomic E-state index is 11.9. The first-order valence-corrected chi connectivity index (χ1v) is 5.02. The maximum atomic E-state index is 11.9. The fourth-order valence-corrected chi connectivity index (χ4v) is 1.39. The monoisotopic (exact) mass is 223 g/mol. The molecule has 0 aliphatic rings. The summed E-state index contributed by atoms with van der Waals surface area (Å²) >= 11 is 0. The summed E-state index contributed by atoms with van der Waals surface area (Å²) in [6.07, 6.45) is 0. The molecule has 0 aliphatic heterocycles. The molecule has 3 N–H and O–H groups in total. The van der Waals surface area contributed by atoms with Gasteiger partial charge in [-0.25, -0.2) is 4.79 Å². The Morgan fingerprint density at radius 3 is 2.50 bits per heavy atom. The molecule has 16 heavy (non-hydrogen) atoms. The molecule has 88 valence electrons. The number of benzene rings is 1. The van der Waals surface area contributed by atoms with E-state index in [0.29, 0.717) is 11.4 Å². The van der Waals surface area contributed by atoms with Gasteiger partial charge in [0.15, 0.2) is 0 Å². The number of para-hydroxylation sites is 2. The van der Waals surface area contributed by atoms with Crippen LogP contribution >= 0.6 is 0 Å². The van der Waals surface area contributed by atoms with Gasteiger partial charge in [-0.15, -0.1) is 0 Å². The second kappa shape index (κ2) is 5.37. The first kappa shape index (κ1) is 12.3. The third kappa shape index (κ3) is 2.64. The van der Waals surface area contributed by atoms with E-state index in [1.54, 1.807) is 38.4 Å². The Kier molecular flexibility index (Phi) is 4.13. The number of carbonyl (C=O) groups excluding carboxylic acids is 1. The largest absolute Gasteiger partial charge is 0.397 e. The second-order valence-electron chi connectivity index (χ2n) is 3.61. The highest BCUT2D eigenvalue weighted by Crippen LogP contribution is 2.22. The zero-order valence-electron chi connectivity index (χ0n) is 9.55. The van der Waals surface area contributed by atoms with Crippen LogP contribution in [0.15, 0.2) is 24.3 Å². The number of nitrogens with two attached hydrogens (primary N) is 1. The molecule has 5 heteroatoms. The average Bonchev–Trinajstić information content (AvgIpc) is 2.26. The molecular formula is C11H17N3O2. The van der Waals surface area contributed by atoms with E-state index in [0.717, 1.165) is 0 Å². The molecule has 5 nitrogen and oxygen atoms in total. The molecule has 0 heterocycles. The number of carbonyl (C=O) groups is 1. The minimum atomic E-state index is -0.202. The standard InChI is InChI=1S/C11H17N3O2/c1-13(2)11(16)14(7-8-15)10-6-4-3-5-9(10)12/h3-6,15H,7-8,12H2,1-2H3. The van der Waals surface area contributed by atoms with E-state index < -0.39 is 0 Å². The Morgan fingerprint density at radius 2 is 2.00 bits per heavy atom. The van der Waals surface area contributed by atoms with Crippen molar-refractivity contribution in [2.75, 3.05) is 37.9 Å². The molecule has 0 unspecified atom stereocenters. The molecule has 0 bridgehead atoms. The number of aliphatic hydroxyl groups is 1. The average molecular weight is 223 g/mol. The van der Waals surface area contributed by atoms with Crippen molar-refractivity contribution in [2.45, 2.75) is 0 Å². The van der Waals surface area contributed by atoms with Crippen molar-refractivity contribution in [3.8, 4) is 0 Å². The van der Waals surface area contributed by atoms with Crippen LogP contribution in [-0.4, -0.2) is 43.3 Å². The van der Waals surface area contributed by atoms with Crippen molar-refractivity contribution < 1.29 is 9.90 Å². The summed E-state index contributed by atoms with van der Waals surface area (Å²) in [7, 11) is 3.32. The summed E-state index contributed by atoms with van der Waals surface area (Å²) in [4.78, 5) is 14.8. The Morgan fingerprint density at radius 1 is 1.38 bits per heavy atom. The van der Waals surface area contributed by atoms with E-state index in [1.165, 1.54) is 9.80 Å². The van der Waals surface area contributed by atoms with Crippen LogP contribution in [0.1, 0.15) is 0 Å². The number of urea groups is 1. The number of nitrogens with zero attached hydrogens (tertiary/aromatic N) is 2. The van der Waals surface area contributed by atoms with Gasteiger partial charge < -0.3 is 15.7 Å². The summed E-state index contributed by atoms with van der Waals surface area (Å²) < 4.78 is 0. The van der Waals surface area contributed by atoms with E-state index in [4.69, 9.17) is 10.8 Å². The van der Waals surface area contributed by atoms with Gasteiger partial charge in [0.05, 0.1) is 24.5 Å². The van der Waals surface area contributed by atoms with Crippen LogP contribution in [0.2, 0.25) is 0 Å². The van der Waals surface area contributed by atoms with Crippen molar-refractivity contribution >= 4 is 17.4 Å². The molecule has 0 saturated carbocycles. The number of aliphatic hydroxyl groups excluding tert-OH is 1. The van der Waals surface area contributed by atoms with E-state index in [1.807, 2.05) is 0 Å². The summed E-state index contributed by atoms with van der Waals surface area (Å²) in [5, 5.41) is 8.97. The zero-order chi connectivity index (χ0) is 12.1. The molecule has 1 aromatic rings. The number of rotatable bonds is 3. The predicted molar refractivity (Wildman–Crippen MR) is 64.4 cm³/mol. The topological polar surface area (TPSA) is 69.8 Å². The maximum Gasteiger partial charge on any atom is 0.324 e. The van der Waals surface area contributed by atoms with Crippen LogP contribution in [0.25, 0.3) is 0 Å². The van der Waals surface area contributed by atoms with Crippen molar-refractivity contribution in [1.82, 2.24) is 4.90 Å². The Balaban J connectivity index is 3.03. The molecule has 0 aliphatic carbocycles. The van der Waals surface area contributed by atoms with Gasteiger partial charge in [0.1, 0.15) is 0 Å². The highest BCUT2D eigenvalue weighted by molar-refractivity contribution is 5.94. The van der Waals surface area contributed by atoms with Gasteiger partial charge in [0, 0.05) is 14.1 Å². The third-order valence-electron chi connectivity index (χ3n) is 2.16. The van der Waals surface area contributed by atoms with Crippen molar-refractivity contribution in [1.29, 1.82) is 0 Å². The van der Waals surface area contributed by atoms with Crippen LogP contribution in [-0.2, 0) is 0 Å². The van der Waals surface area contributed by atoms with Crippen LogP contribution in [0, 0.1) is 0 Å². The first-order chi connectivity index (χ1) is 7.57. The number of hydrogen-bond acceptors (Lipinski definition) is 3. The van der Waals surface area contributed by atoms with Gasteiger partial charge in [-0.1, -0.05) is 12.1 Å². The number of anilines is 2. The Bertz CT molecular complexity index is 366. The van der Waals surface area contributed by atoms with Gasteiger partial charge in [0.2, 0.25) is 0 Å². The number of hydrogen-bond donors (Lipinski definition) is 2. The number of nitrogen functional groups attached to an aromatic ring is 1. The molecule has 0 spiro atoms. The van der Waals surface area contributed by atoms with Crippen LogP contribution in [0.3, 0.4) is 0 Å². The number of amides is 2. The Hall–Kier alpha value is -1.75. The molecule has 1 rings (SSSR count). The lowest BCUT2D eigenvalue weighted by molar-refractivity contribution is 0.220. The van der Waals surface area contributed by atoms with E-state index >= 15 is 0 Å². The van der Waals surface area contributed by atoms with Gasteiger partial charge in [0.25, 0.3) is 0 Å². The highest BCUT2D eigenvalue weighted by atomic mass is 16.3. The quantitative estimate of drug-likeness (QED) is 0.743. The van der Waals surface area contributed by atoms with Crippen LogP contribution in [0.4, 0.5) is 16.2 Å². The molecule has 0 aromatic heterocycles. The lowest BCUT2D eigenvalue weighted by Gasteiger charge is -2.26. The van der Waals surface area contributed by atoms with Crippen molar-refractivity contribution in [3.63, 3.8) is 0 Å². The lowest BCUT2D eigenvalue weighted by atomic mass is 10.2. The van der Waals surface area contributed by atoms with Gasteiger partial charge >= 0.3 is 6.03 Å². The summed E-state index contributed by atoms with van der Waals surface area (Å²) in [5.74, 6) is 0. The van der Waals surface area contributed by atoms with Crippen LogP contribution < -0.4 is 10.6 Å². The van der Waals surface area contributed by atoms with Crippen molar-refractivity contribution in [2.24, 2.45) is 0 Å². The van der Waals surface area contributed by atoms with E-state index in [2.05, 4.69) is 0 Å². The lowest BCUT2D eigenvalue weighted by Crippen LogP contribution is -2.41.